The SMILES string of the molecule is CC(=O)[C@H]1CCC[C@@]2(C1)[C@H]1CC[C@H](C1)[C@H]2N. The second-order valence-corrected chi connectivity index (χ2v) is 6.43. The molecule has 2 bridgehead atoms. The number of rotatable bonds is 1. The molecule has 90 valence electrons. The van der Waals surface area contributed by atoms with Gasteiger partial charge in [-0.3, -0.25) is 4.79 Å². The second-order valence-electron chi connectivity index (χ2n) is 6.43. The van der Waals surface area contributed by atoms with Crippen LogP contribution in [0.5, 0.6) is 0 Å². The lowest BCUT2D eigenvalue weighted by Gasteiger charge is -2.47. The van der Waals surface area contributed by atoms with E-state index in [1.165, 1.54) is 32.1 Å². The molecule has 3 aliphatic carbocycles. The van der Waals surface area contributed by atoms with Crippen molar-refractivity contribution in [2.24, 2.45) is 28.9 Å². The molecule has 3 rings (SSSR count). The Labute approximate surface area is 98.0 Å². The third-order valence-corrected chi connectivity index (χ3v) is 5.85. The zero-order valence-electron chi connectivity index (χ0n) is 10.2. The number of carbonyl (C=O) groups is 1. The summed E-state index contributed by atoms with van der Waals surface area (Å²) in [5.74, 6) is 2.33. The van der Waals surface area contributed by atoms with Crippen LogP contribution < -0.4 is 5.73 Å². The Kier molecular flexibility index (Phi) is 2.39. The maximum absolute atomic E-state index is 11.6. The van der Waals surface area contributed by atoms with E-state index < -0.39 is 0 Å². The van der Waals surface area contributed by atoms with E-state index in [4.69, 9.17) is 5.73 Å². The summed E-state index contributed by atoms with van der Waals surface area (Å²) in [6.45, 7) is 1.77. The van der Waals surface area contributed by atoms with Crippen LogP contribution in [0, 0.1) is 23.2 Å². The average molecular weight is 221 g/mol. The standard InChI is InChI=1S/C14H23NO/c1-9(16)11-3-2-6-14(8-11)12-5-4-10(7-12)13(14)15/h10-13H,2-8,15H2,1H3/t10-,11+,12+,13-,14-/m1/s1. The molecule has 0 aromatic heterocycles. The summed E-state index contributed by atoms with van der Waals surface area (Å²) in [6, 6.07) is 0.397. The van der Waals surface area contributed by atoms with Gasteiger partial charge in [0.25, 0.3) is 0 Å². The van der Waals surface area contributed by atoms with Gasteiger partial charge in [0.2, 0.25) is 0 Å². The minimum atomic E-state index is 0.319. The fraction of sp³-hybridized carbons (Fsp3) is 0.929. The molecule has 2 N–H and O–H groups in total. The Bertz CT molecular complexity index is 310. The number of hydrogen-bond acceptors (Lipinski definition) is 2. The van der Waals surface area contributed by atoms with E-state index in [0.717, 1.165) is 24.7 Å². The zero-order chi connectivity index (χ0) is 11.3. The average Bonchev–Trinajstić information content (AvgIpc) is 2.84. The maximum Gasteiger partial charge on any atom is 0.132 e. The molecule has 0 amide bonds. The fourth-order valence-corrected chi connectivity index (χ4v) is 4.97. The first kappa shape index (κ1) is 10.8. The third-order valence-electron chi connectivity index (χ3n) is 5.85. The highest BCUT2D eigenvalue weighted by Gasteiger charge is 2.57. The third kappa shape index (κ3) is 1.32. The zero-order valence-corrected chi connectivity index (χ0v) is 10.2. The van der Waals surface area contributed by atoms with Crippen molar-refractivity contribution >= 4 is 5.78 Å². The Balaban J connectivity index is 1.85. The van der Waals surface area contributed by atoms with Gasteiger partial charge in [0.05, 0.1) is 0 Å². The van der Waals surface area contributed by atoms with Crippen molar-refractivity contribution in [3.05, 3.63) is 0 Å². The molecule has 2 heteroatoms. The first-order valence-corrected chi connectivity index (χ1v) is 6.89. The summed E-state index contributed by atoms with van der Waals surface area (Å²) < 4.78 is 0. The van der Waals surface area contributed by atoms with E-state index >= 15 is 0 Å². The van der Waals surface area contributed by atoms with Crippen LogP contribution in [-0.2, 0) is 4.79 Å². The molecule has 2 nitrogen and oxygen atoms in total. The summed E-state index contributed by atoms with van der Waals surface area (Å²) in [6.07, 6.45) is 8.80. The summed E-state index contributed by atoms with van der Waals surface area (Å²) in [4.78, 5) is 11.6. The summed E-state index contributed by atoms with van der Waals surface area (Å²) in [7, 11) is 0. The lowest BCUT2D eigenvalue weighted by molar-refractivity contribution is -0.124. The van der Waals surface area contributed by atoms with Crippen molar-refractivity contribution < 1.29 is 4.79 Å². The van der Waals surface area contributed by atoms with Gasteiger partial charge in [-0.15, -0.1) is 0 Å². The molecule has 0 unspecified atom stereocenters. The van der Waals surface area contributed by atoms with E-state index in [0.29, 0.717) is 23.2 Å². The fourth-order valence-electron chi connectivity index (χ4n) is 4.97. The van der Waals surface area contributed by atoms with E-state index in [2.05, 4.69) is 0 Å². The highest BCUT2D eigenvalue weighted by molar-refractivity contribution is 5.78. The predicted octanol–water partition coefficient (Wildman–Crippen LogP) is 2.51. The molecule has 16 heavy (non-hydrogen) atoms. The van der Waals surface area contributed by atoms with Crippen molar-refractivity contribution in [2.75, 3.05) is 0 Å². The molecular formula is C14H23NO. The van der Waals surface area contributed by atoms with Gasteiger partial charge in [-0.25, -0.2) is 0 Å². The number of carbonyl (C=O) groups excluding carboxylic acids is 1. The molecule has 0 aromatic rings. The summed E-state index contributed by atoms with van der Waals surface area (Å²) >= 11 is 0. The highest BCUT2D eigenvalue weighted by Crippen LogP contribution is 2.61. The van der Waals surface area contributed by atoms with Gasteiger partial charge in [0, 0.05) is 12.0 Å². The second kappa shape index (κ2) is 3.56. The highest BCUT2D eigenvalue weighted by atomic mass is 16.1. The minimum absolute atomic E-state index is 0.319. The lowest BCUT2D eigenvalue weighted by Crippen LogP contribution is -2.49. The van der Waals surface area contributed by atoms with Gasteiger partial charge in [0.1, 0.15) is 5.78 Å². The first-order chi connectivity index (χ1) is 7.63. The molecule has 0 radical (unpaired) electrons. The summed E-state index contributed by atoms with van der Waals surface area (Å²) in [5, 5.41) is 0. The van der Waals surface area contributed by atoms with Crippen molar-refractivity contribution in [1.82, 2.24) is 0 Å². The van der Waals surface area contributed by atoms with Crippen molar-refractivity contribution in [1.29, 1.82) is 0 Å². The molecule has 0 aromatic carbocycles. The van der Waals surface area contributed by atoms with Gasteiger partial charge in [-0.05, 0) is 62.7 Å². The number of nitrogens with two attached hydrogens (primary N) is 1. The van der Waals surface area contributed by atoms with E-state index in [1.807, 2.05) is 0 Å². The van der Waals surface area contributed by atoms with Crippen LogP contribution in [0.4, 0.5) is 0 Å². The lowest BCUT2D eigenvalue weighted by atomic mass is 9.59. The van der Waals surface area contributed by atoms with Crippen LogP contribution in [0.15, 0.2) is 0 Å². The summed E-state index contributed by atoms with van der Waals surface area (Å²) in [5.41, 5.74) is 6.84. The van der Waals surface area contributed by atoms with Crippen LogP contribution in [0.2, 0.25) is 0 Å². The Morgan fingerprint density at radius 1 is 1.31 bits per heavy atom. The largest absolute Gasteiger partial charge is 0.327 e. The molecule has 0 aliphatic heterocycles. The van der Waals surface area contributed by atoms with E-state index in [-0.39, 0.29) is 0 Å². The molecule has 3 saturated carbocycles. The number of hydrogen-bond donors (Lipinski definition) is 1. The topological polar surface area (TPSA) is 43.1 Å². The van der Waals surface area contributed by atoms with E-state index in [9.17, 15) is 4.79 Å². The minimum Gasteiger partial charge on any atom is -0.327 e. The molecule has 5 atom stereocenters. The van der Waals surface area contributed by atoms with Crippen LogP contribution >= 0.6 is 0 Å². The predicted molar refractivity (Wildman–Crippen MR) is 63.9 cm³/mol. The van der Waals surface area contributed by atoms with Gasteiger partial charge in [-0.1, -0.05) is 6.42 Å². The normalized spacial score (nSPS) is 51.1. The quantitative estimate of drug-likeness (QED) is 0.739. The van der Waals surface area contributed by atoms with Gasteiger partial charge >= 0.3 is 0 Å². The Morgan fingerprint density at radius 3 is 2.75 bits per heavy atom. The van der Waals surface area contributed by atoms with Crippen LogP contribution in [0.1, 0.15) is 51.9 Å². The molecule has 3 aliphatic rings. The van der Waals surface area contributed by atoms with Crippen molar-refractivity contribution in [2.45, 2.75) is 57.9 Å². The molecule has 1 spiro atoms. The number of Topliss-reactive ketones (excluding diaryl/α,β-unsaturated/α-hetero) is 1. The maximum atomic E-state index is 11.6. The van der Waals surface area contributed by atoms with Crippen LogP contribution in [0.3, 0.4) is 0 Å². The number of ketones is 1. The molecular weight excluding hydrogens is 198 g/mol. The first-order valence-electron chi connectivity index (χ1n) is 6.89. The smallest absolute Gasteiger partial charge is 0.132 e. The van der Waals surface area contributed by atoms with Crippen molar-refractivity contribution in [3.8, 4) is 0 Å². The Hall–Kier alpha value is -0.370. The molecule has 3 fully saturated rings. The van der Waals surface area contributed by atoms with Gasteiger partial charge < -0.3 is 5.73 Å². The van der Waals surface area contributed by atoms with E-state index in [1.54, 1.807) is 6.92 Å². The van der Waals surface area contributed by atoms with Crippen molar-refractivity contribution in [3.63, 3.8) is 0 Å². The van der Waals surface area contributed by atoms with Gasteiger partial charge in [-0.2, -0.15) is 0 Å². The van der Waals surface area contributed by atoms with Crippen LogP contribution in [-0.4, -0.2) is 11.8 Å². The Morgan fingerprint density at radius 2 is 2.12 bits per heavy atom. The van der Waals surface area contributed by atoms with Crippen LogP contribution in [0.25, 0.3) is 0 Å². The number of fused-ring (bicyclic) bond motifs is 3. The molecule has 0 heterocycles. The van der Waals surface area contributed by atoms with Gasteiger partial charge in [0.15, 0.2) is 0 Å². The monoisotopic (exact) mass is 221 g/mol. The molecule has 0 saturated heterocycles.